The fourth-order valence-corrected chi connectivity index (χ4v) is 4.07. The summed E-state index contributed by atoms with van der Waals surface area (Å²) >= 11 is 0. The summed E-state index contributed by atoms with van der Waals surface area (Å²) in [5.74, 6) is -0.321. The number of nitrogens with zero attached hydrogens (tertiary/aromatic N) is 4. The molecule has 0 radical (unpaired) electrons. The number of ether oxygens (including phenoxy) is 1. The molecule has 1 amide bonds. The van der Waals surface area contributed by atoms with Crippen molar-refractivity contribution in [1.82, 2.24) is 19.8 Å². The van der Waals surface area contributed by atoms with Crippen molar-refractivity contribution >= 4 is 11.9 Å². The van der Waals surface area contributed by atoms with Gasteiger partial charge in [-0.3, -0.25) is 14.5 Å². The van der Waals surface area contributed by atoms with Crippen molar-refractivity contribution in [2.24, 2.45) is 5.92 Å². The van der Waals surface area contributed by atoms with E-state index in [1.165, 1.54) is 0 Å². The molecule has 152 valence electrons. The fourth-order valence-electron chi connectivity index (χ4n) is 4.07. The largest absolute Gasteiger partial charge is 0.480 e. The van der Waals surface area contributed by atoms with E-state index >= 15 is 0 Å². The molecule has 2 fully saturated rings. The average Bonchev–Trinajstić information content (AvgIpc) is 2.97. The quantitative estimate of drug-likeness (QED) is 0.832. The van der Waals surface area contributed by atoms with Gasteiger partial charge in [0.2, 0.25) is 0 Å². The molecule has 2 saturated heterocycles. The number of benzene rings is 1. The predicted octanol–water partition coefficient (Wildman–Crippen LogP) is 1.31. The first-order valence-electron chi connectivity index (χ1n) is 9.73. The number of aromatic nitrogens is 2. The van der Waals surface area contributed by atoms with E-state index < -0.39 is 5.97 Å². The summed E-state index contributed by atoms with van der Waals surface area (Å²) < 4.78 is 5.72. The smallest absolute Gasteiger partial charge is 0.317 e. The van der Waals surface area contributed by atoms with Gasteiger partial charge in [0.15, 0.2) is 0 Å². The number of carboxylic acid groups (broad SMARTS) is 1. The van der Waals surface area contributed by atoms with Gasteiger partial charge < -0.3 is 14.7 Å². The minimum Gasteiger partial charge on any atom is -0.480 e. The Morgan fingerprint density at radius 2 is 1.97 bits per heavy atom. The van der Waals surface area contributed by atoms with Crippen LogP contribution in [0.25, 0.3) is 11.3 Å². The van der Waals surface area contributed by atoms with Crippen LogP contribution in [0, 0.1) is 12.8 Å². The molecular weight excluding hydrogens is 372 g/mol. The highest BCUT2D eigenvalue weighted by Gasteiger charge is 2.36. The Morgan fingerprint density at radius 3 is 2.72 bits per heavy atom. The summed E-state index contributed by atoms with van der Waals surface area (Å²) in [4.78, 5) is 37.3. The monoisotopic (exact) mass is 396 g/mol. The summed E-state index contributed by atoms with van der Waals surface area (Å²) in [6, 6.07) is 9.47. The number of carbonyl (C=O) groups is 2. The summed E-state index contributed by atoms with van der Waals surface area (Å²) in [7, 11) is 0. The Morgan fingerprint density at radius 1 is 1.17 bits per heavy atom. The van der Waals surface area contributed by atoms with E-state index in [2.05, 4.69) is 9.97 Å². The average molecular weight is 396 g/mol. The molecule has 2 bridgehead atoms. The molecular formula is C21H24N4O4. The van der Waals surface area contributed by atoms with Crippen LogP contribution < -0.4 is 0 Å². The van der Waals surface area contributed by atoms with Gasteiger partial charge in [-0.05, 0) is 6.92 Å². The van der Waals surface area contributed by atoms with Gasteiger partial charge in [0.25, 0.3) is 5.91 Å². The van der Waals surface area contributed by atoms with E-state index in [1.54, 1.807) is 18.0 Å². The third kappa shape index (κ3) is 4.28. The van der Waals surface area contributed by atoms with Crippen molar-refractivity contribution in [2.45, 2.75) is 13.0 Å². The number of fused-ring (bicyclic) bond motifs is 3. The number of aryl methyl sites for hydroxylation is 1. The van der Waals surface area contributed by atoms with Crippen molar-refractivity contribution in [1.29, 1.82) is 0 Å². The summed E-state index contributed by atoms with van der Waals surface area (Å²) in [5, 5.41) is 9.24. The SMILES string of the molecule is Cc1ncc(C(=O)N2C[C@@H]3COC[C@H](C2)N(CC(=O)O)C3)c(-c2ccccc2)n1. The Hall–Kier alpha value is -2.84. The first kappa shape index (κ1) is 19.5. The molecule has 8 heteroatoms. The molecule has 2 aliphatic rings. The minimum atomic E-state index is -0.867. The Bertz CT molecular complexity index is 905. The fraction of sp³-hybridized carbons (Fsp3) is 0.429. The van der Waals surface area contributed by atoms with E-state index in [4.69, 9.17) is 4.74 Å². The number of carbonyl (C=O) groups excluding carboxylic acids is 1. The highest BCUT2D eigenvalue weighted by molar-refractivity contribution is 5.99. The Labute approximate surface area is 169 Å². The van der Waals surface area contributed by atoms with Crippen LogP contribution in [-0.2, 0) is 9.53 Å². The highest BCUT2D eigenvalue weighted by atomic mass is 16.5. The molecule has 4 rings (SSSR count). The van der Waals surface area contributed by atoms with Gasteiger partial charge in [-0.15, -0.1) is 0 Å². The topological polar surface area (TPSA) is 95.9 Å². The third-order valence-corrected chi connectivity index (χ3v) is 5.40. The van der Waals surface area contributed by atoms with Gasteiger partial charge in [-0.1, -0.05) is 30.3 Å². The van der Waals surface area contributed by atoms with Gasteiger partial charge in [-0.2, -0.15) is 0 Å². The van der Waals surface area contributed by atoms with Gasteiger partial charge in [0, 0.05) is 37.3 Å². The molecule has 2 aliphatic heterocycles. The lowest BCUT2D eigenvalue weighted by Crippen LogP contribution is -2.47. The molecule has 29 heavy (non-hydrogen) atoms. The molecule has 1 aromatic heterocycles. The van der Waals surface area contributed by atoms with E-state index in [1.807, 2.05) is 35.2 Å². The van der Waals surface area contributed by atoms with Crippen LogP contribution in [0.2, 0.25) is 0 Å². The Kier molecular flexibility index (Phi) is 5.55. The molecule has 2 atom stereocenters. The third-order valence-electron chi connectivity index (χ3n) is 5.40. The van der Waals surface area contributed by atoms with E-state index in [0.717, 1.165) is 5.56 Å². The second-order valence-electron chi connectivity index (χ2n) is 7.64. The van der Waals surface area contributed by atoms with Crippen molar-refractivity contribution in [2.75, 3.05) is 39.4 Å². The molecule has 0 unspecified atom stereocenters. The first-order chi connectivity index (χ1) is 14.0. The number of aliphatic carboxylic acids is 1. The predicted molar refractivity (Wildman–Crippen MR) is 105 cm³/mol. The van der Waals surface area contributed by atoms with E-state index in [-0.39, 0.29) is 24.4 Å². The van der Waals surface area contributed by atoms with Crippen LogP contribution in [0.5, 0.6) is 0 Å². The van der Waals surface area contributed by atoms with Crippen LogP contribution in [0.1, 0.15) is 16.2 Å². The number of hydrogen-bond donors (Lipinski definition) is 1. The van der Waals surface area contributed by atoms with Gasteiger partial charge in [-0.25, -0.2) is 9.97 Å². The first-order valence-corrected chi connectivity index (χ1v) is 9.73. The van der Waals surface area contributed by atoms with E-state index in [0.29, 0.717) is 49.9 Å². The molecule has 0 spiro atoms. The zero-order valence-corrected chi connectivity index (χ0v) is 16.3. The summed E-state index contributed by atoms with van der Waals surface area (Å²) in [6.07, 6.45) is 1.60. The second kappa shape index (κ2) is 8.26. The molecule has 8 nitrogen and oxygen atoms in total. The molecule has 0 saturated carbocycles. The molecule has 1 N–H and O–H groups in total. The lowest BCUT2D eigenvalue weighted by atomic mass is 10.0. The maximum Gasteiger partial charge on any atom is 0.317 e. The van der Waals surface area contributed by atoms with Gasteiger partial charge in [0.1, 0.15) is 5.82 Å². The number of carboxylic acids is 1. The van der Waals surface area contributed by atoms with Crippen LogP contribution in [0.3, 0.4) is 0 Å². The normalized spacial score (nSPS) is 22.2. The molecule has 3 heterocycles. The molecule has 2 aromatic rings. The van der Waals surface area contributed by atoms with Gasteiger partial charge >= 0.3 is 5.97 Å². The number of rotatable bonds is 4. The number of amides is 1. The number of hydrogen-bond acceptors (Lipinski definition) is 6. The van der Waals surface area contributed by atoms with Crippen LogP contribution in [-0.4, -0.2) is 82.2 Å². The van der Waals surface area contributed by atoms with Crippen molar-refractivity contribution < 1.29 is 19.4 Å². The van der Waals surface area contributed by atoms with E-state index in [9.17, 15) is 14.7 Å². The zero-order chi connectivity index (χ0) is 20.4. The lowest BCUT2D eigenvalue weighted by Gasteiger charge is -2.30. The van der Waals surface area contributed by atoms with Gasteiger partial charge in [0.05, 0.1) is 37.1 Å². The maximum atomic E-state index is 13.5. The Balaban J connectivity index is 1.64. The van der Waals surface area contributed by atoms with Crippen LogP contribution in [0.15, 0.2) is 36.5 Å². The molecule has 1 aromatic carbocycles. The molecule has 0 aliphatic carbocycles. The summed E-state index contributed by atoms with van der Waals surface area (Å²) in [5.41, 5.74) is 1.95. The lowest BCUT2D eigenvalue weighted by molar-refractivity contribution is -0.139. The van der Waals surface area contributed by atoms with Crippen molar-refractivity contribution in [3.63, 3.8) is 0 Å². The second-order valence-corrected chi connectivity index (χ2v) is 7.64. The van der Waals surface area contributed by atoms with Crippen molar-refractivity contribution in [3.05, 3.63) is 47.9 Å². The highest BCUT2D eigenvalue weighted by Crippen LogP contribution is 2.25. The van der Waals surface area contributed by atoms with Crippen LogP contribution in [0.4, 0.5) is 0 Å². The van der Waals surface area contributed by atoms with Crippen LogP contribution >= 0.6 is 0 Å². The maximum absolute atomic E-state index is 13.5. The summed E-state index contributed by atoms with van der Waals surface area (Å²) in [6.45, 7) is 4.25. The van der Waals surface area contributed by atoms with Crippen molar-refractivity contribution in [3.8, 4) is 11.3 Å². The zero-order valence-electron chi connectivity index (χ0n) is 16.3. The minimum absolute atomic E-state index is 0.0462. The standard InChI is InChI=1S/C21H24N4O4/c1-14-22-7-18(20(23-14)16-5-3-2-4-6-16)21(28)25-9-15-8-24(11-19(26)27)17(10-25)13-29-12-15/h2-7,15,17H,8-13H2,1H3,(H,26,27)/t15-,17+/m1/s1.